The average Bonchev–Trinajstić information content (AvgIpc) is 2.84. The van der Waals surface area contributed by atoms with Crippen LogP contribution in [-0.2, 0) is 6.54 Å². The lowest BCUT2D eigenvalue weighted by Gasteiger charge is -2.01. The Bertz CT molecular complexity index is 769. The number of aryl methyl sites for hydroxylation is 1. The molecule has 0 saturated heterocycles. The van der Waals surface area contributed by atoms with Gasteiger partial charge in [-0.15, -0.1) is 11.3 Å². The van der Waals surface area contributed by atoms with E-state index in [9.17, 15) is 0 Å². The smallest absolute Gasteiger partial charge is 0.179 e. The van der Waals surface area contributed by atoms with E-state index in [1.54, 1.807) is 17.5 Å². The maximum absolute atomic E-state index is 5.92. The van der Waals surface area contributed by atoms with Gasteiger partial charge < -0.3 is 4.98 Å². The van der Waals surface area contributed by atoms with Crippen molar-refractivity contribution in [3.63, 3.8) is 0 Å². The number of nitrogens with one attached hydrogen (secondary N) is 1. The Morgan fingerprint density at radius 3 is 3.06 bits per heavy atom. The van der Waals surface area contributed by atoms with Crippen LogP contribution < -0.4 is 0 Å². The van der Waals surface area contributed by atoms with E-state index >= 15 is 0 Å². The number of H-pyrrole nitrogens is 1. The lowest BCUT2D eigenvalue weighted by Crippen LogP contribution is -1.98. The molecule has 3 aromatic heterocycles. The van der Waals surface area contributed by atoms with Gasteiger partial charge in [-0.2, -0.15) is 0 Å². The molecule has 3 rings (SSSR count). The Kier molecular flexibility index (Phi) is 2.97. The summed E-state index contributed by atoms with van der Waals surface area (Å²) in [7, 11) is 0. The first-order valence-corrected chi connectivity index (χ1v) is 7.03. The summed E-state index contributed by atoms with van der Waals surface area (Å²) in [6.45, 7) is 2.84. The summed E-state index contributed by atoms with van der Waals surface area (Å²) in [5.41, 5.74) is 1.72. The summed E-state index contributed by atoms with van der Waals surface area (Å²) in [5.74, 6) is 0. The minimum atomic E-state index is 0.609. The maximum Gasteiger partial charge on any atom is 0.179 e. The van der Waals surface area contributed by atoms with Crippen LogP contribution >= 0.6 is 35.2 Å². The van der Waals surface area contributed by atoms with Gasteiger partial charge >= 0.3 is 0 Å². The van der Waals surface area contributed by atoms with Gasteiger partial charge in [0.1, 0.15) is 0 Å². The summed E-state index contributed by atoms with van der Waals surface area (Å²) in [5, 5.41) is 0.609. The number of fused-ring (bicyclic) bond motifs is 1. The first kappa shape index (κ1) is 11.9. The molecule has 0 fully saturated rings. The number of halogens is 1. The summed E-state index contributed by atoms with van der Waals surface area (Å²) >= 11 is 13.0. The van der Waals surface area contributed by atoms with Crippen molar-refractivity contribution in [2.45, 2.75) is 13.5 Å². The Morgan fingerprint density at radius 2 is 2.33 bits per heavy atom. The van der Waals surface area contributed by atoms with Gasteiger partial charge in [0.2, 0.25) is 0 Å². The number of hydrogen-bond acceptors (Lipinski definition) is 3. The molecule has 0 atom stereocenters. The second kappa shape index (κ2) is 4.50. The van der Waals surface area contributed by atoms with Gasteiger partial charge in [-0.05, 0) is 37.3 Å². The standard InChI is InChI=1S/C12H10ClN3S2/c1-7-2-3-9(18-7)6-16-11-10(15-12(16)17)4-8(13)5-14-11/h2-5H,6H2,1H3,(H,15,17). The zero-order chi connectivity index (χ0) is 12.7. The fraction of sp³-hybridized carbons (Fsp3) is 0.167. The molecule has 0 bridgehead atoms. The molecule has 6 heteroatoms. The Balaban J connectivity index is 2.11. The molecular formula is C12H10ClN3S2. The molecule has 0 spiro atoms. The number of pyridine rings is 1. The summed E-state index contributed by atoms with van der Waals surface area (Å²) in [4.78, 5) is 10.0. The Hall–Kier alpha value is -1.17. The van der Waals surface area contributed by atoms with Crippen LogP contribution in [0.3, 0.4) is 0 Å². The third-order valence-corrected chi connectivity index (χ3v) is 4.20. The molecule has 92 valence electrons. The molecule has 0 saturated carbocycles. The number of rotatable bonds is 2. The molecule has 3 heterocycles. The third kappa shape index (κ3) is 2.09. The van der Waals surface area contributed by atoms with Crippen molar-refractivity contribution in [1.29, 1.82) is 0 Å². The van der Waals surface area contributed by atoms with E-state index in [-0.39, 0.29) is 0 Å². The second-order valence-electron chi connectivity index (χ2n) is 4.05. The third-order valence-electron chi connectivity index (χ3n) is 2.69. The molecule has 18 heavy (non-hydrogen) atoms. The van der Waals surface area contributed by atoms with Crippen LogP contribution in [-0.4, -0.2) is 14.5 Å². The van der Waals surface area contributed by atoms with Crippen LogP contribution in [0.4, 0.5) is 0 Å². The molecule has 0 aliphatic carbocycles. The molecule has 0 aliphatic heterocycles. The number of thiophene rings is 1. The van der Waals surface area contributed by atoms with E-state index in [4.69, 9.17) is 23.8 Å². The predicted molar refractivity (Wildman–Crippen MR) is 78.1 cm³/mol. The average molecular weight is 296 g/mol. The van der Waals surface area contributed by atoms with E-state index in [1.165, 1.54) is 9.75 Å². The molecule has 3 aromatic rings. The van der Waals surface area contributed by atoms with Crippen LogP contribution in [0.25, 0.3) is 11.2 Å². The van der Waals surface area contributed by atoms with Crippen molar-refractivity contribution in [2.24, 2.45) is 0 Å². The number of aromatic nitrogens is 3. The lowest BCUT2D eigenvalue weighted by molar-refractivity contribution is 0.813. The van der Waals surface area contributed by atoms with Gasteiger partial charge in [0.25, 0.3) is 0 Å². The second-order valence-corrected chi connectivity index (χ2v) is 6.25. The van der Waals surface area contributed by atoms with E-state index in [0.29, 0.717) is 9.79 Å². The Morgan fingerprint density at radius 1 is 1.50 bits per heavy atom. The molecule has 0 aliphatic rings. The minimum absolute atomic E-state index is 0.609. The molecule has 0 radical (unpaired) electrons. The molecule has 1 N–H and O–H groups in total. The van der Waals surface area contributed by atoms with E-state index in [2.05, 4.69) is 29.0 Å². The molecule has 3 nitrogen and oxygen atoms in total. The van der Waals surface area contributed by atoms with Crippen LogP contribution in [0.1, 0.15) is 9.75 Å². The summed E-state index contributed by atoms with van der Waals surface area (Å²) in [6, 6.07) is 6.08. The monoisotopic (exact) mass is 295 g/mol. The van der Waals surface area contributed by atoms with Crippen molar-refractivity contribution in [1.82, 2.24) is 14.5 Å². The first-order valence-electron chi connectivity index (χ1n) is 5.43. The quantitative estimate of drug-likeness (QED) is 0.720. The first-order chi connectivity index (χ1) is 8.63. The zero-order valence-electron chi connectivity index (χ0n) is 9.61. The molecule has 0 aromatic carbocycles. The van der Waals surface area contributed by atoms with Crippen LogP contribution in [0.15, 0.2) is 24.4 Å². The van der Waals surface area contributed by atoms with Gasteiger partial charge in [0, 0.05) is 16.0 Å². The van der Waals surface area contributed by atoms with Gasteiger partial charge in [-0.25, -0.2) is 4.98 Å². The normalized spacial score (nSPS) is 11.2. The van der Waals surface area contributed by atoms with E-state index in [1.807, 2.05) is 10.6 Å². The van der Waals surface area contributed by atoms with Crippen LogP contribution in [0.2, 0.25) is 5.02 Å². The largest absolute Gasteiger partial charge is 0.329 e. The number of nitrogens with zero attached hydrogens (tertiary/aromatic N) is 2. The summed E-state index contributed by atoms with van der Waals surface area (Å²) in [6.07, 6.45) is 1.64. The SMILES string of the molecule is Cc1ccc(Cn2c(=S)[nH]c3cc(Cl)cnc32)s1. The molecule has 0 amide bonds. The highest BCUT2D eigenvalue weighted by atomic mass is 35.5. The number of imidazole rings is 1. The van der Waals surface area contributed by atoms with E-state index < -0.39 is 0 Å². The zero-order valence-corrected chi connectivity index (χ0v) is 12.0. The maximum atomic E-state index is 5.92. The van der Waals surface area contributed by atoms with E-state index in [0.717, 1.165) is 17.7 Å². The number of hydrogen-bond donors (Lipinski definition) is 1. The fourth-order valence-corrected chi connectivity index (χ4v) is 3.19. The van der Waals surface area contributed by atoms with Crippen LogP contribution in [0.5, 0.6) is 0 Å². The number of aromatic amines is 1. The topological polar surface area (TPSA) is 33.6 Å². The Labute approximate surface area is 118 Å². The summed E-state index contributed by atoms with van der Waals surface area (Å²) < 4.78 is 2.66. The molecule has 0 unspecified atom stereocenters. The highest BCUT2D eigenvalue weighted by Crippen LogP contribution is 2.20. The van der Waals surface area contributed by atoms with Crippen molar-refractivity contribution >= 4 is 46.3 Å². The van der Waals surface area contributed by atoms with Crippen LogP contribution in [0, 0.1) is 11.7 Å². The lowest BCUT2D eigenvalue weighted by atomic mass is 10.4. The highest BCUT2D eigenvalue weighted by Gasteiger charge is 2.07. The van der Waals surface area contributed by atoms with Gasteiger partial charge in [0.05, 0.1) is 17.1 Å². The molecular weight excluding hydrogens is 286 g/mol. The van der Waals surface area contributed by atoms with Gasteiger partial charge in [0.15, 0.2) is 10.4 Å². The minimum Gasteiger partial charge on any atom is -0.329 e. The van der Waals surface area contributed by atoms with Gasteiger partial charge in [-0.3, -0.25) is 4.57 Å². The van der Waals surface area contributed by atoms with Gasteiger partial charge in [-0.1, -0.05) is 11.6 Å². The fourth-order valence-electron chi connectivity index (χ4n) is 1.89. The predicted octanol–water partition coefficient (Wildman–Crippen LogP) is 4.17. The van der Waals surface area contributed by atoms with Crippen molar-refractivity contribution in [2.75, 3.05) is 0 Å². The van der Waals surface area contributed by atoms with Crippen molar-refractivity contribution in [3.05, 3.63) is 43.9 Å². The van der Waals surface area contributed by atoms with Crippen molar-refractivity contribution < 1.29 is 0 Å². The van der Waals surface area contributed by atoms with Crippen molar-refractivity contribution in [3.8, 4) is 0 Å². The highest BCUT2D eigenvalue weighted by molar-refractivity contribution is 7.71.